The van der Waals surface area contributed by atoms with E-state index in [9.17, 15) is 9.90 Å². The molecule has 0 aliphatic carbocycles. The molecular formula is C14H17BrClNO3. The predicted octanol–water partition coefficient (Wildman–Crippen LogP) is 3.01. The Hall–Kier alpha value is -0.780. The fourth-order valence-corrected chi connectivity index (χ4v) is 2.73. The second-order valence-electron chi connectivity index (χ2n) is 4.71. The maximum atomic E-state index is 12.3. The molecule has 20 heavy (non-hydrogen) atoms. The highest BCUT2D eigenvalue weighted by Gasteiger charge is 2.25. The molecule has 4 nitrogen and oxygen atoms in total. The summed E-state index contributed by atoms with van der Waals surface area (Å²) in [6.07, 6.45) is 1.79. The van der Waals surface area contributed by atoms with Gasteiger partial charge in [-0.3, -0.25) is 4.79 Å². The highest BCUT2D eigenvalue weighted by Crippen LogP contribution is 2.25. The van der Waals surface area contributed by atoms with Crippen LogP contribution in [0.15, 0.2) is 22.7 Å². The number of likely N-dealkylation sites (tertiary alicyclic amines) is 1. The van der Waals surface area contributed by atoms with Crippen LogP contribution in [0.4, 0.5) is 0 Å². The number of alkyl halides is 1. The molecule has 1 aliphatic heterocycles. The lowest BCUT2D eigenvalue weighted by Gasteiger charge is -2.32. The van der Waals surface area contributed by atoms with Crippen molar-refractivity contribution in [3.05, 3.63) is 28.2 Å². The van der Waals surface area contributed by atoms with Crippen molar-refractivity contribution in [3.63, 3.8) is 0 Å². The Morgan fingerprint density at radius 2 is 2.15 bits per heavy atom. The molecule has 0 aromatic heterocycles. The zero-order chi connectivity index (χ0) is 14.5. The molecular weight excluding hydrogens is 346 g/mol. The van der Waals surface area contributed by atoms with E-state index in [4.69, 9.17) is 16.3 Å². The molecule has 0 atom stereocenters. The fraction of sp³-hybridized carbons (Fsp3) is 0.500. The molecule has 1 N–H and O–H groups in total. The summed E-state index contributed by atoms with van der Waals surface area (Å²) >= 11 is 8.85. The lowest BCUT2D eigenvalue weighted by atomic mass is 10.1. The molecule has 6 heteroatoms. The number of rotatable bonds is 4. The van der Waals surface area contributed by atoms with Crippen molar-refractivity contribution in [2.24, 2.45) is 0 Å². The van der Waals surface area contributed by atoms with Gasteiger partial charge in [0, 0.05) is 23.4 Å². The van der Waals surface area contributed by atoms with Crippen molar-refractivity contribution in [1.29, 1.82) is 0 Å². The zero-order valence-corrected chi connectivity index (χ0v) is 13.4. The second-order valence-corrected chi connectivity index (χ2v) is 6.01. The summed E-state index contributed by atoms with van der Waals surface area (Å²) in [7, 11) is 0. The van der Waals surface area contributed by atoms with E-state index in [2.05, 4.69) is 15.9 Å². The Morgan fingerprint density at radius 1 is 1.45 bits per heavy atom. The molecule has 0 spiro atoms. The second kappa shape index (κ2) is 7.29. The van der Waals surface area contributed by atoms with E-state index in [1.807, 2.05) is 0 Å². The zero-order valence-electron chi connectivity index (χ0n) is 11.0. The molecule has 1 saturated heterocycles. The summed E-state index contributed by atoms with van der Waals surface area (Å²) in [5.74, 6) is 0.363. The summed E-state index contributed by atoms with van der Waals surface area (Å²) in [5.41, 5.74) is 0.341. The Kier molecular flexibility index (Phi) is 5.69. The lowest BCUT2D eigenvalue weighted by Crippen LogP contribution is -2.41. The Balaban J connectivity index is 1.94. The van der Waals surface area contributed by atoms with E-state index in [1.165, 1.54) is 6.07 Å². The monoisotopic (exact) mass is 361 g/mol. The van der Waals surface area contributed by atoms with E-state index in [-0.39, 0.29) is 17.8 Å². The van der Waals surface area contributed by atoms with Gasteiger partial charge in [-0.15, -0.1) is 11.6 Å². The first-order valence-electron chi connectivity index (χ1n) is 6.57. The number of aromatic hydroxyl groups is 1. The van der Waals surface area contributed by atoms with Crippen molar-refractivity contribution in [3.8, 4) is 5.75 Å². The van der Waals surface area contributed by atoms with E-state index in [0.717, 1.165) is 17.3 Å². The summed E-state index contributed by atoms with van der Waals surface area (Å²) in [6, 6.07) is 4.92. The highest BCUT2D eigenvalue weighted by atomic mass is 79.9. The van der Waals surface area contributed by atoms with Crippen LogP contribution in [0.25, 0.3) is 0 Å². The number of halogens is 2. The van der Waals surface area contributed by atoms with Crippen LogP contribution >= 0.6 is 27.5 Å². The summed E-state index contributed by atoms with van der Waals surface area (Å²) in [5, 5.41) is 9.84. The molecule has 1 aromatic carbocycles. The van der Waals surface area contributed by atoms with Gasteiger partial charge in [0.25, 0.3) is 5.91 Å². The van der Waals surface area contributed by atoms with Gasteiger partial charge in [-0.2, -0.15) is 0 Å². The molecule has 1 fully saturated rings. The molecule has 0 bridgehead atoms. The minimum absolute atomic E-state index is 0.00453. The van der Waals surface area contributed by atoms with Crippen LogP contribution in [0.2, 0.25) is 0 Å². The maximum Gasteiger partial charge on any atom is 0.257 e. The maximum absolute atomic E-state index is 12.3. The van der Waals surface area contributed by atoms with E-state index < -0.39 is 0 Å². The van der Waals surface area contributed by atoms with Gasteiger partial charge >= 0.3 is 0 Å². The van der Waals surface area contributed by atoms with Gasteiger partial charge in [0.05, 0.1) is 18.3 Å². The van der Waals surface area contributed by atoms with Crippen LogP contribution in [0.3, 0.4) is 0 Å². The van der Waals surface area contributed by atoms with Crippen molar-refractivity contribution < 1.29 is 14.6 Å². The number of hydrogen-bond donors (Lipinski definition) is 1. The van der Waals surface area contributed by atoms with Crippen LogP contribution in [0.5, 0.6) is 5.75 Å². The molecule has 1 amide bonds. The van der Waals surface area contributed by atoms with Crippen LogP contribution in [0, 0.1) is 0 Å². The average molecular weight is 363 g/mol. The topological polar surface area (TPSA) is 49.8 Å². The number of phenolic OH excluding ortho intramolecular Hbond substituents is 1. The number of carbonyl (C=O) groups excluding carboxylic acids is 1. The number of carbonyl (C=O) groups is 1. The van der Waals surface area contributed by atoms with Gasteiger partial charge in [0.2, 0.25) is 0 Å². The van der Waals surface area contributed by atoms with Crippen molar-refractivity contribution in [1.82, 2.24) is 4.90 Å². The van der Waals surface area contributed by atoms with E-state index >= 15 is 0 Å². The summed E-state index contributed by atoms with van der Waals surface area (Å²) in [6.45, 7) is 1.83. The summed E-state index contributed by atoms with van der Waals surface area (Å²) < 4.78 is 6.33. The Morgan fingerprint density at radius 3 is 2.75 bits per heavy atom. The van der Waals surface area contributed by atoms with Crippen molar-refractivity contribution in [2.75, 3.05) is 25.6 Å². The predicted molar refractivity (Wildman–Crippen MR) is 81.4 cm³/mol. The van der Waals surface area contributed by atoms with Gasteiger partial charge in [-0.25, -0.2) is 0 Å². The van der Waals surface area contributed by atoms with Crippen LogP contribution in [-0.2, 0) is 4.74 Å². The Labute approximate surface area is 131 Å². The third-order valence-corrected chi connectivity index (χ3v) is 4.00. The number of piperidine rings is 1. The van der Waals surface area contributed by atoms with E-state index in [1.54, 1.807) is 17.0 Å². The molecule has 1 aliphatic rings. The van der Waals surface area contributed by atoms with Gasteiger partial charge in [0.15, 0.2) is 0 Å². The van der Waals surface area contributed by atoms with Crippen molar-refractivity contribution >= 4 is 33.4 Å². The standard InChI is InChI=1S/C14H17BrClNO3/c15-10-1-2-12(13(18)9-10)14(19)17-6-3-11(4-7-17)20-8-5-16/h1-2,9,11,18H,3-8H2. The average Bonchev–Trinajstić information content (AvgIpc) is 2.45. The molecule has 2 rings (SSSR count). The SMILES string of the molecule is O=C(c1ccc(Br)cc1O)N1CCC(OCCCl)CC1. The number of benzene rings is 1. The smallest absolute Gasteiger partial charge is 0.257 e. The van der Waals surface area contributed by atoms with Gasteiger partial charge < -0.3 is 14.7 Å². The molecule has 0 radical (unpaired) electrons. The van der Waals surface area contributed by atoms with Gasteiger partial charge in [0.1, 0.15) is 5.75 Å². The quantitative estimate of drug-likeness (QED) is 0.838. The first kappa shape index (κ1) is 15.6. The molecule has 0 saturated carbocycles. The van der Waals surface area contributed by atoms with Crippen LogP contribution in [0.1, 0.15) is 23.2 Å². The third-order valence-electron chi connectivity index (χ3n) is 3.35. The molecule has 1 aromatic rings. The third kappa shape index (κ3) is 3.87. The number of nitrogens with zero attached hydrogens (tertiary/aromatic N) is 1. The highest BCUT2D eigenvalue weighted by molar-refractivity contribution is 9.10. The van der Waals surface area contributed by atoms with Crippen LogP contribution in [-0.4, -0.2) is 47.6 Å². The normalized spacial score (nSPS) is 16.4. The van der Waals surface area contributed by atoms with Crippen molar-refractivity contribution in [2.45, 2.75) is 18.9 Å². The van der Waals surface area contributed by atoms with Gasteiger partial charge in [-0.05, 0) is 31.0 Å². The first-order chi connectivity index (χ1) is 9.61. The minimum atomic E-state index is -0.134. The number of ether oxygens (including phenoxy) is 1. The molecule has 110 valence electrons. The first-order valence-corrected chi connectivity index (χ1v) is 7.90. The Bertz CT molecular complexity index is 475. The number of hydrogen-bond acceptors (Lipinski definition) is 3. The number of phenols is 1. The van der Waals surface area contributed by atoms with Crippen LogP contribution < -0.4 is 0 Å². The molecule has 1 heterocycles. The fourth-order valence-electron chi connectivity index (χ4n) is 2.29. The van der Waals surface area contributed by atoms with E-state index in [0.29, 0.717) is 31.1 Å². The molecule has 0 unspecified atom stereocenters. The lowest BCUT2D eigenvalue weighted by molar-refractivity contribution is 0.0153. The van der Waals surface area contributed by atoms with Gasteiger partial charge in [-0.1, -0.05) is 15.9 Å². The largest absolute Gasteiger partial charge is 0.507 e. The summed E-state index contributed by atoms with van der Waals surface area (Å²) in [4.78, 5) is 14.1. The minimum Gasteiger partial charge on any atom is -0.507 e. The number of amides is 1.